The lowest BCUT2D eigenvalue weighted by molar-refractivity contribution is -0.129. The van der Waals surface area contributed by atoms with Crippen LogP contribution in [0.25, 0.3) is 11.0 Å². The van der Waals surface area contributed by atoms with Crippen molar-refractivity contribution in [3.8, 4) is 6.07 Å². The molecule has 2 aliphatic rings. The Bertz CT molecular complexity index is 1330. The highest BCUT2D eigenvalue weighted by Gasteiger charge is 2.27. The van der Waals surface area contributed by atoms with Crippen LogP contribution in [-0.4, -0.2) is 62.5 Å². The number of aromatic nitrogens is 3. The summed E-state index contributed by atoms with van der Waals surface area (Å²) in [6, 6.07) is 14.6. The number of nitrogens with zero attached hydrogens (tertiary/aromatic N) is 7. The van der Waals surface area contributed by atoms with E-state index in [-0.39, 0.29) is 17.8 Å². The SMILES string of the molecule is CC(=O)N1CCC(N(CN(C=O)Cc2cc3cnc(C#N)nc3n2CCC2CCCCC2)c2ccccc2)CC1. The molecule has 5 rings (SSSR count). The lowest BCUT2D eigenvalue weighted by Crippen LogP contribution is -2.49. The average molecular weight is 542 g/mol. The molecule has 3 aromatic rings. The molecular formula is C31H39N7O2. The minimum Gasteiger partial charge on any atom is -0.351 e. The van der Waals surface area contributed by atoms with Crippen molar-refractivity contribution in [2.75, 3.05) is 24.7 Å². The molecule has 1 saturated carbocycles. The molecule has 9 nitrogen and oxygen atoms in total. The van der Waals surface area contributed by atoms with E-state index in [1.807, 2.05) is 28.0 Å². The van der Waals surface area contributed by atoms with Crippen LogP contribution in [0.15, 0.2) is 42.6 Å². The number of fused-ring (bicyclic) bond motifs is 1. The second-order valence-corrected chi connectivity index (χ2v) is 11.2. The molecule has 0 N–H and O–H groups in total. The number of aryl methyl sites for hydroxylation is 1. The number of hydrogen-bond donors (Lipinski definition) is 0. The molecule has 0 unspecified atom stereocenters. The Kier molecular flexibility index (Phi) is 8.94. The molecule has 0 bridgehead atoms. The number of anilines is 1. The van der Waals surface area contributed by atoms with E-state index in [0.29, 0.717) is 19.1 Å². The number of nitriles is 1. The van der Waals surface area contributed by atoms with Gasteiger partial charge in [-0.3, -0.25) is 9.59 Å². The van der Waals surface area contributed by atoms with Crippen molar-refractivity contribution in [2.45, 2.75) is 77.4 Å². The van der Waals surface area contributed by atoms with Crippen molar-refractivity contribution < 1.29 is 9.59 Å². The van der Waals surface area contributed by atoms with Gasteiger partial charge in [-0.05, 0) is 43.4 Å². The Morgan fingerprint density at radius 3 is 2.55 bits per heavy atom. The van der Waals surface area contributed by atoms with Crippen molar-refractivity contribution >= 4 is 29.0 Å². The first-order chi connectivity index (χ1) is 19.6. The lowest BCUT2D eigenvalue weighted by Gasteiger charge is -2.41. The maximum absolute atomic E-state index is 12.5. The van der Waals surface area contributed by atoms with Gasteiger partial charge in [-0.2, -0.15) is 5.26 Å². The standard InChI is InChI=1S/C31H39N7O2/c1-24(40)36-15-13-28(14-16-36)38(27-10-6-3-7-11-27)22-35(23-39)21-29-18-26-20-33-30(19-32)34-31(26)37(29)17-12-25-8-4-2-5-9-25/h3,6-7,10-11,18,20,23,25,28H,2,4-5,8-9,12-17,21-22H2,1H3. The van der Waals surface area contributed by atoms with Crippen LogP contribution in [-0.2, 0) is 22.7 Å². The number of hydrogen-bond acceptors (Lipinski definition) is 6. The molecule has 210 valence electrons. The Hall–Kier alpha value is -3.93. The van der Waals surface area contributed by atoms with E-state index in [0.717, 1.165) is 67.7 Å². The van der Waals surface area contributed by atoms with E-state index < -0.39 is 0 Å². The number of benzene rings is 1. The minimum absolute atomic E-state index is 0.114. The maximum atomic E-state index is 12.5. The fourth-order valence-electron chi connectivity index (χ4n) is 6.36. The molecule has 0 radical (unpaired) electrons. The molecule has 3 heterocycles. The van der Waals surface area contributed by atoms with Gasteiger partial charge in [0, 0.05) is 55.6 Å². The van der Waals surface area contributed by atoms with Crippen molar-refractivity contribution in [3.05, 3.63) is 54.1 Å². The topological polar surface area (TPSA) is 98.4 Å². The summed E-state index contributed by atoms with van der Waals surface area (Å²) in [7, 11) is 0. The third-order valence-corrected chi connectivity index (χ3v) is 8.59. The summed E-state index contributed by atoms with van der Waals surface area (Å²) in [4.78, 5) is 39.2. The van der Waals surface area contributed by atoms with Crippen molar-refractivity contribution in [1.29, 1.82) is 5.26 Å². The highest BCUT2D eigenvalue weighted by molar-refractivity contribution is 5.77. The van der Waals surface area contributed by atoms with Gasteiger partial charge in [-0.25, -0.2) is 9.97 Å². The van der Waals surface area contributed by atoms with Gasteiger partial charge in [0.05, 0.1) is 13.2 Å². The Morgan fingerprint density at radius 1 is 1.12 bits per heavy atom. The largest absolute Gasteiger partial charge is 0.351 e. The summed E-state index contributed by atoms with van der Waals surface area (Å²) >= 11 is 0. The monoisotopic (exact) mass is 541 g/mol. The molecule has 1 aliphatic carbocycles. The Balaban J connectivity index is 1.38. The van der Waals surface area contributed by atoms with Crippen LogP contribution < -0.4 is 4.90 Å². The van der Waals surface area contributed by atoms with Crippen LogP contribution in [0.3, 0.4) is 0 Å². The fourth-order valence-corrected chi connectivity index (χ4v) is 6.36. The highest BCUT2D eigenvalue weighted by atomic mass is 16.2. The third kappa shape index (κ3) is 6.44. The van der Waals surface area contributed by atoms with Gasteiger partial charge in [0.25, 0.3) is 0 Å². The third-order valence-electron chi connectivity index (χ3n) is 8.59. The lowest BCUT2D eigenvalue weighted by atomic mass is 9.87. The van der Waals surface area contributed by atoms with Gasteiger partial charge < -0.3 is 19.3 Å². The van der Waals surface area contributed by atoms with E-state index >= 15 is 0 Å². The summed E-state index contributed by atoms with van der Waals surface area (Å²) in [5, 5.41) is 10.3. The molecule has 1 aromatic carbocycles. The van der Waals surface area contributed by atoms with E-state index in [9.17, 15) is 14.9 Å². The Labute approximate surface area is 236 Å². The van der Waals surface area contributed by atoms with Crippen LogP contribution in [0.5, 0.6) is 0 Å². The van der Waals surface area contributed by atoms with Gasteiger partial charge >= 0.3 is 0 Å². The number of rotatable bonds is 10. The van der Waals surface area contributed by atoms with E-state index in [2.05, 4.69) is 43.7 Å². The van der Waals surface area contributed by atoms with Gasteiger partial charge in [0.2, 0.25) is 18.1 Å². The molecule has 0 atom stereocenters. The second kappa shape index (κ2) is 12.9. The first-order valence-electron chi connectivity index (χ1n) is 14.6. The van der Waals surface area contributed by atoms with Crippen molar-refractivity contribution in [2.24, 2.45) is 5.92 Å². The first kappa shape index (κ1) is 27.6. The van der Waals surface area contributed by atoms with E-state index in [1.54, 1.807) is 13.1 Å². The minimum atomic E-state index is 0.114. The molecule has 40 heavy (non-hydrogen) atoms. The van der Waals surface area contributed by atoms with E-state index in [1.165, 1.54) is 32.1 Å². The number of carbonyl (C=O) groups excluding carboxylic acids is 2. The molecular weight excluding hydrogens is 502 g/mol. The number of likely N-dealkylation sites (tertiary alicyclic amines) is 1. The van der Waals surface area contributed by atoms with Crippen LogP contribution in [0.2, 0.25) is 0 Å². The number of para-hydroxylation sites is 1. The fraction of sp³-hybridized carbons (Fsp3) is 0.516. The summed E-state index contributed by atoms with van der Waals surface area (Å²) in [5.41, 5.74) is 2.83. The van der Waals surface area contributed by atoms with Crippen LogP contribution in [0.4, 0.5) is 5.69 Å². The summed E-state index contributed by atoms with van der Waals surface area (Å²) in [5.74, 6) is 0.978. The van der Waals surface area contributed by atoms with Gasteiger partial charge in [-0.15, -0.1) is 0 Å². The number of carbonyl (C=O) groups is 2. The molecule has 9 heteroatoms. The smallest absolute Gasteiger partial charge is 0.234 e. The molecule has 2 fully saturated rings. The summed E-state index contributed by atoms with van der Waals surface area (Å²) < 4.78 is 2.20. The normalized spacial score (nSPS) is 16.6. The maximum Gasteiger partial charge on any atom is 0.234 e. The predicted molar refractivity (Wildman–Crippen MR) is 154 cm³/mol. The van der Waals surface area contributed by atoms with Crippen LogP contribution in [0.1, 0.15) is 69.8 Å². The zero-order chi connectivity index (χ0) is 27.9. The van der Waals surface area contributed by atoms with Gasteiger partial charge in [-0.1, -0.05) is 50.3 Å². The predicted octanol–water partition coefficient (Wildman–Crippen LogP) is 4.71. The van der Waals surface area contributed by atoms with Crippen molar-refractivity contribution in [1.82, 2.24) is 24.3 Å². The second-order valence-electron chi connectivity index (χ2n) is 11.2. The van der Waals surface area contributed by atoms with Crippen LogP contribution >= 0.6 is 0 Å². The van der Waals surface area contributed by atoms with Gasteiger partial charge in [0.15, 0.2) is 0 Å². The molecule has 2 aromatic heterocycles. The quantitative estimate of drug-likeness (QED) is 0.272. The zero-order valence-electron chi connectivity index (χ0n) is 23.4. The summed E-state index contributed by atoms with van der Waals surface area (Å²) in [6.45, 7) is 4.75. The Morgan fingerprint density at radius 2 is 1.88 bits per heavy atom. The highest BCUT2D eigenvalue weighted by Crippen LogP contribution is 2.29. The molecule has 1 saturated heterocycles. The van der Waals surface area contributed by atoms with Crippen LogP contribution in [0, 0.1) is 17.2 Å². The number of amides is 2. The molecule has 0 spiro atoms. The van der Waals surface area contributed by atoms with Gasteiger partial charge in [0.1, 0.15) is 11.7 Å². The van der Waals surface area contributed by atoms with E-state index in [4.69, 9.17) is 0 Å². The molecule has 2 amide bonds. The number of piperidine rings is 1. The first-order valence-corrected chi connectivity index (χ1v) is 14.6. The molecule has 1 aliphatic heterocycles. The zero-order valence-corrected chi connectivity index (χ0v) is 23.4. The average Bonchev–Trinajstić information content (AvgIpc) is 3.34. The summed E-state index contributed by atoms with van der Waals surface area (Å²) in [6.07, 6.45) is 11.9. The van der Waals surface area contributed by atoms with Crippen molar-refractivity contribution in [3.63, 3.8) is 0 Å².